The van der Waals surface area contributed by atoms with Gasteiger partial charge in [0, 0.05) is 31.0 Å². The summed E-state index contributed by atoms with van der Waals surface area (Å²) in [6.45, 7) is 0.277. The van der Waals surface area contributed by atoms with Gasteiger partial charge in [0.2, 0.25) is 0 Å². The van der Waals surface area contributed by atoms with Gasteiger partial charge in [-0.3, -0.25) is 10.1 Å². The third-order valence-electron chi connectivity index (χ3n) is 2.36. The number of aromatic amines is 1. The molecular formula is C10H13N5O2S. The van der Waals surface area contributed by atoms with Crippen LogP contribution in [0.2, 0.25) is 0 Å². The molecule has 0 aliphatic carbocycles. The Morgan fingerprint density at radius 1 is 1.39 bits per heavy atom. The summed E-state index contributed by atoms with van der Waals surface area (Å²) in [5.41, 5.74) is 6.66. The number of pyridine rings is 1. The Bertz CT molecular complexity index is 608. The minimum atomic E-state index is -3.63. The van der Waals surface area contributed by atoms with Gasteiger partial charge in [0.15, 0.2) is 5.03 Å². The number of rotatable bonds is 5. The summed E-state index contributed by atoms with van der Waals surface area (Å²) in [4.78, 5) is 3.91. The van der Waals surface area contributed by atoms with Crippen molar-refractivity contribution < 1.29 is 8.42 Å². The molecule has 0 radical (unpaired) electrons. The van der Waals surface area contributed by atoms with Gasteiger partial charge in [0.1, 0.15) is 0 Å². The zero-order valence-electron chi connectivity index (χ0n) is 9.50. The van der Waals surface area contributed by atoms with Crippen LogP contribution in [0.25, 0.3) is 0 Å². The van der Waals surface area contributed by atoms with Crippen molar-refractivity contribution in [1.82, 2.24) is 19.9 Å². The monoisotopic (exact) mass is 267 g/mol. The number of hydrogen-bond acceptors (Lipinski definition) is 5. The van der Waals surface area contributed by atoms with E-state index in [-0.39, 0.29) is 18.1 Å². The lowest BCUT2D eigenvalue weighted by Crippen LogP contribution is -2.25. The lowest BCUT2D eigenvalue weighted by Gasteiger charge is -2.06. The van der Waals surface area contributed by atoms with E-state index in [2.05, 4.69) is 19.9 Å². The smallest absolute Gasteiger partial charge is 0.258 e. The summed E-state index contributed by atoms with van der Waals surface area (Å²) in [7, 11) is -3.63. The predicted molar refractivity (Wildman–Crippen MR) is 64.7 cm³/mol. The zero-order valence-corrected chi connectivity index (χ0v) is 10.3. The van der Waals surface area contributed by atoms with Crippen LogP contribution in [-0.4, -0.2) is 23.6 Å². The van der Waals surface area contributed by atoms with Crippen molar-refractivity contribution in [2.75, 3.05) is 0 Å². The second-order valence-electron chi connectivity index (χ2n) is 3.61. The van der Waals surface area contributed by atoms with Gasteiger partial charge in [-0.25, -0.2) is 13.1 Å². The van der Waals surface area contributed by atoms with E-state index in [1.165, 1.54) is 6.20 Å². The minimum Gasteiger partial charge on any atom is -0.326 e. The van der Waals surface area contributed by atoms with Crippen LogP contribution in [0.5, 0.6) is 0 Å². The van der Waals surface area contributed by atoms with Crippen LogP contribution in [0.4, 0.5) is 0 Å². The molecule has 0 saturated carbocycles. The first kappa shape index (κ1) is 12.7. The van der Waals surface area contributed by atoms with Gasteiger partial charge >= 0.3 is 0 Å². The quantitative estimate of drug-likeness (QED) is 0.690. The number of nitrogens with two attached hydrogens (primary N) is 1. The lowest BCUT2D eigenvalue weighted by atomic mass is 10.3. The molecule has 2 rings (SSSR count). The Labute approximate surface area is 104 Å². The van der Waals surface area contributed by atoms with E-state index in [0.717, 1.165) is 5.56 Å². The maximum absolute atomic E-state index is 12.0. The summed E-state index contributed by atoms with van der Waals surface area (Å²) in [6.07, 6.45) is 4.62. The molecule has 96 valence electrons. The normalized spacial score (nSPS) is 11.6. The molecular weight excluding hydrogens is 254 g/mol. The van der Waals surface area contributed by atoms with Crippen molar-refractivity contribution in [3.8, 4) is 0 Å². The first-order valence-corrected chi connectivity index (χ1v) is 6.72. The summed E-state index contributed by atoms with van der Waals surface area (Å²) in [6, 6.07) is 3.53. The van der Waals surface area contributed by atoms with Gasteiger partial charge in [-0.1, -0.05) is 6.07 Å². The second-order valence-corrected chi connectivity index (χ2v) is 5.32. The molecule has 0 atom stereocenters. The molecule has 0 saturated heterocycles. The first-order chi connectivity index (χ1) is 8.63. The van der Waals surface area contributed by atoms with Crippen LogP contribution >= 0.6 is 0 Å². The van der Waals surface area contributed by atoms with Gasteiger partial charge < -0.3 is 5.73 Å². The summed E-state index contributed by atoms with van der Waals surface area (Å²) in [5, 5.41) is 6.12. The molecule has 2 heterocycles. The first-order valence-electron chi connectivity index (χ1n) is 5.24. The third-order valence-corrected chi connectivity index (χ3v) is 3.77. The summed E-state index contributed by atoms with van der Waals surface area (Å²) in [5.74, 6) is 0. The predicted octanol–water partition coefficient (Wildman–Crippen LogP) is -0.258. The molecule has 18 heavy (non-hydrogen) atoms. The Hall–Kier alpha value is -1.77. The average molecular weight is 267 g/mol. The van der Waals surface area contributed by atoms with Gasteiger partial charge in [-0.15, -0.1) is 0 Å². The standard InChI is InChI=1S/C10H13N5O2S/c11-4-9-7-13-15-10(9)18(16,17)14-6-8-2-1-3-12-5-8/h1-3,5,7,14H,4,6,11H2,(H,13,15). The summed E-state index contributed by atoms with van der Waals surface area (Å²) >= 11 is 0. The Morgan fingerprint density at radius 2 is 2.22 bits per heavy atom. The molecule has 7 nitrogen and oxygen atoms in total. The minimum absolute atomic E-state index is 0.00823. The third kappa shape index (κ3) is 2.73. The van der Waals surface area contributed by atoms with Crippen molar-refractivity contribution >= 4 is 10.0 Å². The highest BCUT2D eigenvalue weighted by atomic mass is 32.2. The number of aromatic nitrogens is 3. The van der Waals surface area contributed by atoms with Crippen LogP contribution in [0.1, 0.15) is 11.1 Å². The van der Waals surface area contributed by atoms with E-state index in [4.69, 9.17) is 5.73 Å². The average Bonchev–Trinajstić information content (AvgIpc) is 2.87. The maximum atomic E-state index is 12.0. The van der Waals surface area contributed by atoms with Gasteiger partial charge in [-0.2, -0.15) is 5.10 Å². The van der Waals surface area contributed by atoms with Crippen LogP contribution in [0.15, 0.2) is 35.7 Å². The number of H-pyrrole nitrogens is 1. The molecule has 0 unspecified atom stereocenters. The van der Waals surface area contributed by atoms with Crippen LogP contribution in [0, 0.1) is 0 Å². The van der Waals surface area contributed by atoms with Crippen LogP contribution < -0.4 is 10.5 Å². The maximum Gasteiger partial charge on any atom is 0.258 e. The molecule has 0 aromatic carbocycles. The number of nitrogens with one attached hydrogen (secondary N) is 2. The fraction of sp³-hybridized carbons (Fsp3) is 0.200. The highest BCUT2D eigenvalue weighted by Gasteiger charge is 2.19. The number of nitrogens with zero attached hydrogens (tertiary/aromatic N) is 2. The fourth-order valence-corrected chi connectivity index (χ4v) is 2.59. The van der Waals surface area contributed by atoms with E-state index < -0.39 is 10.0 Å². The summed E-state index contributed by atoms with van der Waals surface area (Å²) < 4.78 is 26.4. The lowest BCUT2D eigenvalue weighted by molar-refractivity contribution is 0.575. The molecule has 4 N–H and O–H groups in total. The molecule has 2 aromatic rings. The van der Waals surface area contributed by atoms with Crippen LogP contribution in [-0.2, 0) is 23.1 Å². The molecule has 2 aromatic heterocycles. The topological polar surface area (TPSA) is 114 Å². The SMILES string of the molecule is NCc1cn[nH]c1S(=O)(=O)NCc1cccnc1. The van der Waals surface area contributed by atoms with E-state index in [0.29, 0.717) is 5.56 Å². The molecule has 0 fully saturated rings. The molecule has 0 spiro atoms. The fourth-order valence-electron chi connectivity index (χ4n) is 1.43. The molecule has 8 heteroatoms. The molecule has 0 aliphatic heterocycles. The molecule has 0 bridgehead atoms. The highest BCUT2D eigenvalue weighted by Crippen LogP contribution is 2.11. The zero-order chi connectivity index (χ0) is 13.0. The molecule has 0 aliphatic rings. The van der Waals surface area contributed by atoms with Crippen molar-refractivity contribution in [1.29, 1.82) is 0 Å². The van der Waals surface area contributed by atoms with Crippen molar-refractivity contribution in [2.24, 2.45) is 5.73 Å². The van der Waals surface area contributed by atoms with Crippen molar-refractivity contribution in [2.45, 2.75) is 18.1 Å². The molecule has 0 amide bonds. The van der Waals surface area contributed by atoms with Crippen molar-refractivity contribution in [3.63, 3.8) is 0 Å². The Kier molecular flexibility index (Phi) is 3.70. The van der Waals surface area contributed by atoms with E-state index in [1.807, 2.05) is 0 Å². The highest BCUT2D eigenvalue weighted by molar-refractivity contribution is 7.89. The Balaban J connectivity index is 2.13. The van der Waals surface area contributed by atoms with Crippen LogP contribution in [0.3, 0.4) is 0 Å². The van der Waals surface area contributed by atoms with E-state index in [1.54, 1.807) is 24.5 Å². The van der Waals surface area contributed by atoms with Crippen molar-refractivity contribution in [3.05, 3.63) is 41.9 Å². The van der Waals surface area contributed by atoms with Gasteiger partial charge in [0.25, 0.3) is 10.0 Å². The number of sulfonamides is 1. The van der Waals surface area contributed by atoms with Gasteiger partial charge in [-0.05, 0) is 11.6 Å². The number of hydrogen-bond donors (Lipinski definition) is 3. The van der Waals surface area contributed by atoms with Gasteiger partial charge in [0.05, 0.1) is 6.20 Å². The van der Waals surface area contributed by atoms with E-state index in [9.17, 15) is 8.42 Å². The van der Waals surface area contributed by atoms with E-state index >= 15 is 0 Å². The largest absolute Gasteiger partial charge is 0.326 e. The second kappa shape index (κ2) is 5.25. The Morgan fingerprint density at radius 3 is 2.89 bits per heavy atom.